The average Bonchev–Trinajstić information content (AvgIpc) is 2.64. The number of ether oxygens (including phenoxy) is 4. The number of benzene rings is 1. The van der Waals surface area contributed by atoms with Crippen molar-refractivity contribution in [1.29, 1.82) is 0 Å². The van der Waals surface area contributed by atoms with Crippen LogP contribution in [0.5, 0.6) is 0 Å². The van der Waals surface area contributed by atoms with Crippen molar-refractivity contribution in [2.24, 2.45) is 5.41 Å². The van der Waals surface area contributed by atoms with Crippen LogP contribution in [-0.2, 0) is 25.6 Å². The van der Waals surface area contributed by atoms with E-state index in [9.17, 15) is 0 Å². The van der Waals surface area contributed by atoms with Gasteiger partial charge < -0.3 is 18.9 Å². The zero-order chi connectivity index (χ0) is 19.1. The second-order valence-electron chi connectivity index (χ2n) is 5.71. The number of rotatable bonds is 13. The van der Waals surface area contributed by atoms with Crippen LogP contribution < -0.4 is 0 Å². The van der Waals surface area contributed by atoms with Gasteiger partial charge in [-0.2, -0.15) is 0 Å². The molecule has 0 unspecified atom stereocenters. The van der Waals surface area contributed by atoms with Crippen LogP contribution in [0.25, 0.3) is 0 Å². The van der Waals surface area contributed by atoms with Gasteiger partial charge in [0.05, 0.1) is 38.4 Å². The highest BCUT2D eigenvalue weighted by Crippen LogP contribution is 2.21. The Kier molecular flexibility index (Phi) is 11.8. The van der Waals surface area contributed by atoms with Crippen LogP contribution >= 0.6 is 22.6 Å². The molecule has 138 valence electrons. The van der Waals surface area contributed by atoms with Crippen LogP contribution in [-0.4, -0.2) is 46.2 Å². The summed E-state index contributed by atoms with van der Waals surface area (Å²) in [5, 5.41) is 0. The Morgan fingerprint density at radius 1 is 0.731 bits per heavy atom. The predicted octanol–water partition coefficient (Wildman–Crippen LogP) is 2.74. The summed E-state index contributed by atoms with van der Waals surface area (Å²) in [5.74, 6) is 7.36. The SMILES string of the molecule is C#CCOCC(COCC#C)(COCC#C)COCc1ccc(I)cc1. The van der Waals surface area contributed by atoms with Gasteiger partial charge in [-0.05, 0) is 40.3 Å². The van der Waals surface area contributed by atoms with Gasteiger partial charge in [0.2, 0.25) is 0 Å². The fourth-order valence-electron chi connectivity index (χ4n) is 2.20. The molecule has 0 saturated heterocycles. The lowest BCUT2D eigenvalue weighted by atomic mass is 9.92. The van der Waals surface area contributed by atoms with Gasteiger partial charge >= 0.3 is 0 Å². The first-order chi connectivity index (χ1) is 12.7. The zero-order valence-corrected chi connectivity index (χ0v) is 16.9. The number of hydrogen-bond acceptors (Lipinski definition) is 4. The largest absolute Gasteiger partial charge is 0.376 e. The summed E-state index contributed by atoms with van der Waals surface area (Å²) in [6.07, 6.45) is 15.8. The van der Waals surface area contributed by atoms with E-state index in [1.54, 1.807) is 0 Å². The van der Waals surface area contributed by atoms with Crippen molar-refractivity contribution < 1.29 is 18.9 Å². The van der Waals surface area contributed by atoms with Crippen molar-refractivity contribution >= 4 is 22.6 Å². The Morgan fingerprint density at radius 3 is 1.58 bits per heavy atom. The molecule has 0 heterocycles. The van der Waals surface area contributed by atoms with Crippen LogP contribution in [0.2, 0.25) is 0 Å². The zero-order valence-electron chi connectivity index (χ0n) is 14.7. The third-order valence-corrected chi connectivity index (χ3v) is 4.09. The molecule has 0 spiro atoms. The lowest BCUT2D eigenvalue weighted by molar-refractivity contribution is -0.0989. The molecule has 0 aliphatic heterocycles. The minimum Gasteiger partial charge on any atom is -0.376 e. The Bertz CT molecular complexity index is 584. The molecule has 0 amide bonds. The molecule has 0 saturated carbocycles. The van der Waals surface area contributed by atoms with E-state index in [0.29, 0.717) is 33.0 Å². The summed E-state index contributed by atoms with van der Waals surface area (Å²) in [6, 6.07) is 8.13. The molecule has 0 atom stereocenters. The summed E-state index contributed by atoms with van der Waals surface area (Å²) in [4.78, 5) is 0. The van der Waals surface area contributed by atoms with E-state index in [1.165, 1.54) is 3.57 Å². The summed E-state index contributed by atoms with van der Waals surface area (Å²) < 4.78 is 23.7. The second-order valence-corrected chi connectivity index (χ2v) is 6.96. The molecule has 0 N–H and O–H groups in total. The fourth-order valence-corrected chi connectivity index (χ4v) is 2.55. The smallest absolute Gasteiger partial charge is 0.107 e. The standard InChI is InChI=1S/C21H23IO4/c1-4-11-23-15-21(16-24-12-5-2,17-25-13-6-3)18-26-14-19-7-9-20(22)10-8-19/h1-3,7-10H,11-18H2. The molecular weight excluding hydrogens is 443 g/mol. The highest BCUT2D eigenvalue weighted by atomic mass is 127. The van der Waals surface area contributed by atoms with E-state index in [1.807, 2.05) is 24.3 Å². The first-order valence-electron chi connectivity index (χ1n) is 8.01. The summed E-state index contributed by atoms with van der Waals surface area (Å²) in [7, 11) is 0. The van der Waals surface area contributed by atoms with E-state index in [2.05, 4.69) is 40.4 Å². The van der Waals surface area contributed by atoms with Gasteiger partial charge in [-0.15, -0.1) is 19.3 Å². The van der Waals surface area contributed by atoms with E-state index in [0.717, 1.165) is 5.56 Å². The maximum absolute atomic E-state index is 5.92. The van der Waals surface area contributed by atoms with E-state index >= 15 is 0 Å². The normalized spacial score (nSPS) is 10.7. The van der Waals surface area contributed by atoms with Gasteiger partial charge in [0.25, 0.3) is 0 Å². The van der Waals surface area contributed by atoms with Crippen LogP contribution in [0.15, 0.2) is 24.3 Å². The third-order valence-electron chi connectivity index (χ3n) is 3.37. The van der Waals surface area contributed by atoms with Crippen molar-refractivity contribution in [1.82, 2.24) is 0 Å². The van der Waals surface area contributed by atoms with Crippen molar-refractivity contribution in [3.8, 4) is 37.0 Å². The maximum atomic E-state index is 5.92. The Morgan fingerprint density at radius 2 is 1.15 bits per heavy atom. The summed E-state index contributed by atoms with van der Waals surface area (Å²) in [6.45, 7) is 2.38. The molecule has 0 bridgehead atoms. The van der Waals surface area contributed by atoms with Gasteiger partial charge in [0, 0.05) is 3.57 Å². The van der Waals surface area contributed by atoms with Gasteiger partial charge in [0.15, 0.2) is 0 Å². The molecular formula is C21H23IO4. The number of hydrogen-bond donors (Lipinski definition) is 0. The van der Waals surface area contributed by atoms with Gasteiger partial charge in [0.1, 0.15) is 19.8 Å². The van der Waals surface area contributed by atoms with Crippen LogP contribution in [0, 0.1) is 46.0 Å². The molecule has 5 heteroatoms. The van der Waals surface area contributed by atoms with Crippen molar-refractivity contribution in [2.75, 3.05) is 46.2 Å². The molecule has 4 nitrogen and oxygen atoms in total. The van der Waals surface area contributed by atoms with Crippen molar-refractivity contribution in [3.05, 3.63) is 33.4 Å². The maximum Gasteiger partial charge on any atom is 0.107 e. The van der Waals surface area contributed by atoms with Crippen LogP contribution in [0.1, 0.15) is 5.56 Å². The highest BCUT2D eigenvalue weighted by Gasteiger charge is 2.32. The number of terminal acetylenes is 3. The van der Waals surface area contributed by atoms with Crippen molar-refractivity contribution in [2.45, 2.75) is 6.61 Å². The van der Waals surface area contributed by atoms with Gasteiger partial charge in [-0.1, -0.05) is 29.9 Å². The third kappa shape index (κ3) is 9.25. The molecule has 1 aromatic carbocycles. The van der Waals surface area contributed by atoms with Crippen LogP contribution in [0.4, 0.5) is 0 Å². The lowest BCUT2D eigenvalue weighted by Gasteiger charge is -2.32. The van der Waals surface area contributed by atoms with E-state index < -0.39 is 5.41 Å². The van der Waals surface area contributed by atoms with Gasteiger partial charge in [-0.25, -0.2) is 0 Å². The van der Waals surface area contributed by atoms with Gasteiger partial charge in [-0.3, -0.25) is 0 Å². The first kappa shape index (κ1) is 22.5. The second kappa shape index (κ2) is 13.6. The fraction of sp³-hybridized carbons (Fsp3) is 0.429. The summed E-state index contributed by atoms with van der Waals surface area (Å²) in [5.41, 5.74) is 0.534. The average molecular weight is 466 g/mol. The molecule has 26 heavy (non-hydrogen) atoms. The number of halogens is 1. The Hall–Kier alpha value is -1.53. The Balaban J connectivity index is 2.72. The Labute approximate surface area is 170 Å². The van der Waals surface area contributed by atoms with E-state index in [-0.39, 0.29) is 19.8 Å². The minimum absolute atomic E-state index is 0.198. The quantitative estimate of drug-likeness (QED) is 0.255. The summed E-state index contributed by atoms with van der Waals surface area (Å²) >= 11 is 2.26. The molecule has 1 aromatic rings. The van der Waals surface area contributed by atoms with E-state index in [4.69, 9.17) is 38.2 Å². The minimum atomic E-state index is -0.548. The molecule has 1 rings (SSSR count). The molecule has 0 aliphatic rings. The molecule has 0 fully saturated rings. The predicted molar refractivity (Wildman–Crippen MR) is 110 cm³/mol. The molecule has 0 radical (unpaired) electrons. The molecule has 0 aliphatic carbocycles. The monoisotopic (exact) mass is 466 g/mol. The lowest BCUT2D eigenvalue weighted by Crippen LogP contribution is -2.42. The first-order valence-corrected chi connectivity index (χ1v) is 9.09. The topological polar surface area (TPSA) is 36.9 Å². The van der Waals surface area contributed by atoms with Crippen LogP contribution in [0.3, 0.4) is 0 Å². The highest BCUT2D eigenvalue weighted by molar-refractivity contribution is 14.1. The van der Waals surface area contributed by atoms with Crippen molar-refractivity contribution in [3.63, 3.8) is 0 Å². The molecule has 0 aromatic heterocycles.